The van der Waals surface area contributed by atoms with Gasteiger partial charge in [0.25, 0.3) is 0 Å². The van der Waals surface area contributed by atoms with E-state index in [9.17, 15) is 4.79 Å². The molecule has 76 valence electrons. The van der Waals surface area contributed by atoms with Crippen molar-refractivity contribution in [1.29, 1.82) is 0 Å². The first-order valence-corrected chi connectivity index (χ1v) is 4.69. The highest BCUT2D eigenvalue weighted by Crippen LogP contribution is 2.35. The Morgan fingerprint density at radius 2 is 1.69 bits per heavy atom. The van der Waals surface area contributed by atoms with Gasteiger partial charge in [-0.05, 0) is 44.2 Å². The zero-order valence-electron chi connectivity index (χ0n) is 7.53. The molecule has 0 aromatic heterocycles. The Labute approximate surface area is 84.3 Å². The quantitative estimate of drug-likeness (QED) is 0.675. The number of carboxylic acids is 1. The van der Waals surface area contributed by atoms with Crippen LogP contribution in [0.25, 0.3) is 0 Å². The molecule has 1 saturated carbocycles. The molecule has 2 fully saturated rings. The second-order valence-corrected chi connectivity index (χ2v) is 4.13. The molecule has 2 rings (SSSR count). The van der Waals surface area contributed by atoms with Crippen LogP contribution in [0.3, 0.4) is 0 Å². The fourth-order valence-corrected chi connectivity index (χ4v) is 2.59. The highest BCUT2D eigenvalue weighted by molar-refractivity contribution is 5.85. The van der Waals surface area contributed by atoms with Crippen molar-refractivity contribution in [3.05, 3.63) is 0 Å². The van der Waals surface area contributed by atoms with E-state index in [1.165, 1.54) is 6.42 Å². The summed E-state index contributed by atoms with van der Waals surface area (Å²) in [6.07, 6.45) is 3.02. The van der Waals surface area contributed by atoms with Gasteiger partial charge < -0.3 is 10.4 Å². The summed E-state index contributed by atoms with van der Waals surface area (Å²) < 4.78 is 0. The minimum atomic E-state index is -0.591. The third-order valence-corrected chi connectivity index (χ3v) is 3.12. The van der Waals surface area contributed by atoms with Gasteiger partial charge in [0.2, 0.25) is 0 Å². The molecule has 2 N–H and O–H groups in total. The van der Waals surface area contributed by atoms with Gasteiger partial charge in [0.05, 0.1) is 5.92 Å². The molecule has 2 aliphatic rings. The molecule has 1 unspecified atom stereocenters. The van der Waals surface area contributed by atoms with Gasteiger partial charge >= 0.3 is 5.97 Å². The van der Waals surface area contributed by atoms with Crippen molar-refractivity contribution in [2.24, 2.45) is 17.8 Å². The number of carboxylic acid groups (broad SMARTS) is 1. The summed E-state index contributed by atoms with van der Waals surface area (Å²) in [4.78, 5) is 10.8. The molecule has 1 aliphatic heterocycles. The molecule has 0 radical (unpaired) electrons. The van der Waals surface area contributed by atoms with Crippen molar-refractivity contribution < 1.29 is 9.90 Å². The van der Waals surface area contributed by atoms with Crippen molar-refractivity contribution in [3.63, 3.8) is 0 Å². The van der Waals surface area contributed by atoms with Crippen molar-refractivity contribution in [2.45, 2.75) is 19.3 Å². The van der Waals surface area contributed by atoms with Crippen LogP contribution in [0.15, 0.2) is 0 Å². The van der Waals surface area contributed by atoms with Gasteiger partial charge in [0, 0.05) is 0 Å². The van der Waals surface area contributed by atoms with E-state index >= 15 is 0 Å². The molecule has 4 heteroatoms. The molecule has 1 heterocycles. The smallest absolute Gasteiger partial charge is 0.306 e. The van der Waals surface area contributed by atoms with Crippen molar-refractivity contribution in [1.82, 2.24) is 5.32 Å². The average Bonchev–Trinajstić information content (AvgIpc) is 2.03. The first kappa shape index (κ1) is 10.8. The van der Waals surface area contributed by atoms with Gasteiger partial charge in [-0.25, -0.2) is 0 Å². The number of aliphatic carboxylic acids is 1. The van der Waals surface area contributed by atoms with Crippen molar-refractivity contribution in [3.8, 4) is 0 Å². The second-order valence-electron chi connectivity index (χ2n) is 4.13. The van der Waals surface area contributed by atoms with Crippen LogP contribution >= 0.6 is 12.4 Å². The maximum absolute atomic E-state index is 10.8. The summed E-state index contributed by atoms with van der Waals surface area (Å²) in [6, 6.07) is 0. The Balaban J connectivity index is 0.000000845. The summed E-state index contributed by atoms with van der Waals surface area (Å²) in [7, 11) is 0. The molecule has 13 heavy (non-hydrogen) atoms. The average molecular weight is 206 g/mol. The maximum atomic E-state index is 10.8. The first-order valence-electron chi connectivity index (χ1n) is 4.69. The monoisotopic (exact) mass is 205 g/mol. The predicted molar refractivity (Wildman–Crippen MR) is 52.1 cm³/mol. The largest absolute Gasteiger partial charge is 0.481 e. The molecule has 3 nitrogen and oxygen atoms in total. The standard InChI is InChI=1S/C9H15NO2.ClH/c11-9(12)8-2-6-1-7(3-8)5-10-4-6;/h6-8,10H,1-5H2,(H,11,12);1H/t6-,7+,8?;. The number of hydrogen-bond donors (Lipinski definition) is 2. The fourth-order valence-electron chi connectivity index (χ4n) is 2.59. The molecule has 0 spiro atoms. The van der Waals surface area contributed by atoms with Crippen LogP contribution in [0.4, 0.5) is 0 Å². The summed E-state index contributed by atoms with van der Waals surface area (Å²) in [5.74, 6) is 0.597. The van der Waals surface area contributed by atoms with Gasteiger partial charge in [-0.1, -0.05) is 0 Å². The van der Waals surface area contributed by atoms with E-state index in [4.69, 9.17) is 5.11 Å². The van der Waals surface area contributed by atoms with Crippen LogP contribution in [0.1, 0.15) is 19.3 Å². The number of piperidine rings is 1. The number of nitrogens with one attached hydrogen (secondary N) is 1. The summed E-state index contributed by atoms with van der Waals surface area (Å²) in [6.45, 7) is 2.06. The lowest BCUT2D eigenvalue weighted by Gasteiger charge is -2.37. The van der Waals surface area contributed by atoms with Gasteiger partial charge in [-0.15, -0.1) is 12.4 Å². The molecule has 1 saturated heterocycles. The topological polar surface area (TPSA) is 49.3 Å². The van der Waals surface area contributed by atoms with E-state index in [0.717, 1.165) is 25.9 Å². The van der Waals surface area contributed by atoms with Gasteiger partial charge in [0.15, 0.2) is 0 Å². The van der Waals surface area contributed by atoms with Crippen LogP contribution in [0.5, 0.6) is 0 Å². The number of hydrogen-bond acceptors (Lipinski definition) is 2. The van der Waals surface area contributed by atoms with E-state index in [1.807, 2.05) is 0 Å². The number of halogens is 1. The third kappa shape index (κ3) is 2.35. The summed E-state index contributed by atoms with van der Waals surface area (Å²) in [5, 5.41) is 12.2. The molecule has 0 aromatic rings. The second kappa shape index (κ2) is 4.29. The molecular weight excluding hydrogens is 190 g/mol. The van der Waals surface area contributed by atoms with Gasteiger partial charge in [0.1, 0.15) is 0 Å². The van der Waals surface area contributed by atoms with Crippen molar-refractivity contribution in [2.75, 3.05) is 13.1 Å². The summed E-state index contributed by atoms with van der Waals surface area (Å²) >= 11 is 0. The first-order chi connectivity index (χ1) is 5.75. The van der Waals surface area contributed by atoms with E-state index in [0.29, 0.717) is 11.8 Å². The Kier molecular flexibility index (Phi) is 3.56. The number of carbonyl (C=O) groups is 1. The number of fused-ring (bicyclic) bond motifs is 2. The Morgan fingerprint density at radius 1 is 1.15 bits per heavy atom. The van der Waals surface area contributed by atoms with Gasteiger partial charge in [-0.2, -0.15) is 0 Å². The maximum Gasteiger partial charge on any atom is 0.306 e. The van der Waals surface area contributed by atoms with Gasteiger partial charge in [-0.3, -0.25) is 4.79 Å². The lowest BCUT2D eigenvalue weighted by molar-refractivity contribution is -0.144. The minimum Gasteiger partial charge on any atom is -0.481 e. The van der Waals surface area contributed by atoms with E-state index in [2.05, 4.69) is 5.32 Å². The van der Waals surface area contributed by atoms with E-state index in [1.54, 1.807) is 0 Å². The Hall–Kier alpha value is -0.280. The summed E-state index contributed by atoms with van der Waals surface area (Å²) in [5.41, 5.74) is 0. The molecule has 3 atom stereocenters. The van der Waals surface area contributed by atoms with Crippen LogP contribution in [0.2, 0.25) is 0 Å². The van der Waals surface area contributed by atoms with Crippen LogP contribution < -0.4 is 5.32 Å². The lowest BCUT2D eigenvalue weighted by atomic mass is 9.73. The lowest BCUT2D eigenvalue weighted by Crippen LogP contribution is -2.43. The fraction of sp³-hybridized carbons (Fsp3) is 0.889. The van der Waals surface area contributed by atoms with Crippen LogP contribution in [-0.4, -0.2) is 24.2 Å². The van der Waals surface area contributed by atoms with E-state index < -0.39 is 5.97 Å². The Bertz CT molecular complexity index is 186. The normalized spacial score (nSPS) is 37.7. The molecule has 0 amide bonds. The SMILES string of the molecule is Cl.O=C(O)C1C[C@H]2CNC[C@@H](C1)C2. The van der Waals surface area contributed by atoms with E-state index in [-0.39, 0.29) is 18.3 Å². The van der Waals surface area contributed by atoms with Crippen molar-refractivity contribution >= 4 is 18.4 Å². The highest BCUT2D eigenvalue weighted by Gasteiger charge is 2.34. The molecule has 1 aliphatic carbocycles. The van der Waals surface area contributed by atoms with Crippen LogP contribution in [-0.2, 0) is 4.79 Å². The van der Waals surface area contributed by atoms with Crippen LogP contribution in [0, 0.1) is 17.8 Å². The molecule has 2 bridgehead atoms. The predicted octanol–water partition coefficient (Wildman–Crippen LogP) is 1.13. The Morgan fingerprint density at radius 3 is 2.15 bits per heavy atom. The minimum absolute atomic E-state index is 0. The third-order valence-electron chi connectivity index (χ3n) is 3.12. The zero-order chi connectivity index (χ0) is 8.55. The number of rotatable bonds is 1. The molecular formula is C9H16ClNO2. The zero-order valence-corrected chi connectivity index (χ0v) is 8.35. The molecule has 0 aromatic carbocycles. The highest BCUT2D eigenvalue weighted by atomic mass is 35.5.